The van der Waals surface area contributed by atoms with Gasteiger partial charge >= 0.3 is 0 Å². The highest BCUT2D eigenvalue weighted by molar-refractivity contribution is 6.00. The molecule has 0 aliphatic rings. The predicted octanol–water partition coefficient (Wildman–Crippen LogP) is 2.10. The fourth-order valence-electron chi connectivity index (χ4n) is 1.61. The fourth-order valence-corrected chi connectivity index (χ4v) is 1.61. The first kappa shape index (κ1) is 11.9. The second-order valence-electron chi connectivity index (χ2n) is 3.61. The number of carbonyl (C=O) groups excluding carboxylic acids is 1. The van der Waals surface area contributed by atoms with E-state index in [4.69, 9.17) is 10.00 Å². The maximum Gasteiger partial charge on any atom is 0.238 e. The number of nitriles is 1. The van der Waals surface area contributed by atoms with Crippen LogP contribution in [-0.2, 0) is 4.79 Å². The van der Waals surface area contributed by atoms with Gasteiger partial charge in [-0.25, -0.2) is 4.98 Å². The van der Waals surface area contributed by atoms with Crippen LogP contribution in [-0.4, -0.2) is 18.0 Å². The second-order valence-corrected chi connectivity index (χ2v) is 3.61. The van der Waals surface area contributed by atoms with Crippen molar-refractivity contribution in [3.05, 3.63) is 30.3 Å². The number of nitrogens with zero attached hydrogens (tertiary/aromatic N) is 2. The maximum atomic E-state index is 11.4. The van der Waals surface area contributed by atoms with Crippen molar-refractivity contribution in [1.29, 1.82) is 5.26 Å². The van der Waals surface area contributed by atoms with Crippen LogP contribution in [0.25, 0.3) is 10.9 Å². The van der Waals surface area contributed by atoms with Crippen LogP contribution in [0.5, 0.6) is 5.88 Å². The summed E-state index contributed by atoms with van der Waals surface area (Å²) >= 11 is 0. The van der Waals surface area contributed by atoms with Crippen molar-refractivity contribution in [1.82, 2.24) is 4.98 Å². The first-order chi connectivity index (χ1) is 8.74. The Labute approximate surface area is 104 Å². The molecule has 18 heavy (non-hydrogen) atoms. The van der Waals surface area contributed by atoms with Crippen LogP contribution >= 0.6 is 0 Å². The topological polar surface area (TPSA) is 75.0 Å². The zero-order valence-electron chi connectivity index (χ0n) is 9.80. The molecular formula is C13H11N3O2. The Morgan fingerprint density at radius 1 is 1.44 bits per heavy atom. The molecule has 1 N–H and O–H groups in total. The standard InChI is InChI=1S/C13H11N3O2/c1-18-12-6-5-9-3-2-4-10(13(9)16-12)15-11(17)7-8-14/h2-6H,7H2,1H3,(H,15,17). The van der Waals surface area contributed by atoms with Gasteiger partial charge in [0.15, 0.2) is 0 Å². The molecule has 0 radical (unpaired) electrons. The number of fused-ring (bicyclic) bond motifs is 1. The highest BCUT2D eigenvalue weighted by atomic mass is 16.5. The zero-order valence-corrected chi connectivity index (χ0v) is 9.80. The molecule has 0 atom stereocenters. The molecule has 1 aromatic heterocycles. The number of methoxy groups -OCH3 is 1. The number of rotatable bonds is 3. The van der Waals surface area contributed by atoms with E-state index < -0.39 is 0 Å². The number of anilines is 1. The molecule has 0 saturated carbocycles. The lowest BCUT2D eigenvalue weighted by molar-refractivity contribution is -0.115. The summed E-state index contributed by atoms with van der Waals surface area (Å²) in [6.45, 7) is 0. The van der Waals surface area contributed by atoms with E-state index in [0.717, 1.165) is 5.39 Å². The molecule has 1 aromatic carbocycles. The van der Waals surface area contributed by atoms with Gasteiger partial charge in [0, 0.05) is 11.5 Å². The highest BCUT2D eigenvalue weighted by Crippen LogP contribution is 2.23. The third kappa shape index (κ3) is 2.38. The van der Waals surface area contributed by atoms with Crippen LogP contribution in [0.2, 0.25) is 0 Å². The van der Waals surface area contributed by atoms with Gasteiger partial charge in [0.1, 0.15) is 6.42 Å². The van der Waals surface area contributed by atoms with Crippen LogP contribution in [0.1, 0.15) is 6.42 Å². The molecule has 0 aliphatic heterocycles. The fraction of sp³-hybridized carbons (Fsp3) is 0.154. The average Bonchev–Trinajstić information content (AvgIpc) is 2.39. The lowest BCUT2D eigenvalue weighted by atomic mass is 10.2. The van der Waals surface area contributed by atoms with Crippen LogP contribution in [0.4, 0.5) is 5.69 Å². The molecule has 90 valence electrons. The van der Waals surface area contributed by atoms with E-state index >= 15 is 0 Å². The van der Waals surface area contributed by atoms with Gasteiger partial charge in [-0.1, -0.05) is 12.1 Å². The van der Waals surface area contributed by atoms with Gasteiger partial charge in [0.05, 0.1) is 24.4 Å². The predicted molar refractivity (Wildman–Crippen MR) is 67.2 cm³/mol. The number of pyridine rings is 1. The Morgan fingerprint density at radius 3 is 3.00 bits per heavy atom. The summed E-state index contributed by atoms with van der Waals surface area (Å²) in [6.07, 6.45) is -0.180. The van der Waals surface area contributed by atoms with Gasteiger partial charge in [0.25, 0.3) is 0 Å². The van der Waals surface area contributed by atoms with Gasteiger partial charge in [-0.3, -0.25) is 4.79 Å². The Bertz CT molecular complexity index is 632. The minimum atomic E-state index is -0.352. The molecule has 0 unspecified atom stereocenters. The van der Waals surface area contributed by atoms with Gasteiger partial charge < -0.3 is 10.1 Å². The van der Waals surface area contributed by atoms with E-state index in [1.807, 2.05) is 18.2 Å². The normalized spacial score (nSPS) is 9.78. The van der Waals surface area contributed by atoms with E-state index in [1.165, 1.54) is 7.11 Å². The van der Waals surface area contributed by atoms with Crippen molar-refractivity contribution in [2.75, 3.05) is 12.4 Å². The van der Waals surface area contributed by atoms with E-state index in [0.29, 0.717) is 17.1 Å². The van der Waals surface area contributed by atoms with Crippen molar-refractivity contribution in [2.45, 2.75) is 6.42 Å². The Balaban J connectivity index is 2.43. The lowest BCUT2D eigenvalue weighted by Gasteiger charge is -2.07. The number of para-hydroxylation sites is 1. The lowest BCUT2D eigenvalue weighted by Crippen LogP contribution is -2.10. The number of aromatic nitrogens is 1. The number of benzene rings is 1. The van der Waals surface area contributed by atoms with E-state index in [-0.39, 0.29) is 12.3 Å². The molecule has 2 rings (SSSR count). The molecule has 5 nitrogen and oxygen atoms in total. The number of carbonyl (C=O) groups is 1. The average molecular weight is 241 g/mol. The van der Waals surface area contributed by atoms with Crippen molar-refractivity contribution < 1.29 is 9.53 Å². The van der Waals surface area contributed by atoms with Crippen LogP contribution in [0.3, 0.4) is 0 Å². The molecule has 0 aliphatic carbocycles. The number of nitrogens with one attached hydrogen (secondary N) is 1. The van der Waals surface area contributed by atoms with Crippen molar-refractivity contribution in [3.8, 4) is 11.9 Å². The Morgan fingerprint density at radius 2 is 2.28 bits per heavy atom. The summed E-state index contributed by atoms with van der Waals surface area (Å²) < 4.78 is 5.05. The van der Waals surface area contributed by atoms with Gasteiger partial charge in [-0.15, -0.1) is 0 Å². The maximum absolute atomic E-state index is 11.4. The highest BCUT2D eigenvalue weighted by Gasteiger charge is 2.07. The largest absolute Gasteiger partial charge is 0.481 e. The van der Waals surface area contributed by atoms with Crippen LogP contribution < -0.4 is 10.1 Å². The summed E-state index contributed by atoms with van der Waals surface area (Å²) in [5.74, 6) is 0.124. The minimum Gasteiger partial charge on any atom is -0.481 e. The van der Waals surface area contributed by atoms with Crippen molar-refractivity contribution >= 4 is 22.5 Å². The zero-order chi connectivity index (χ0) is 13.0. The molecular weight excluding hydrogens is 230 g/mol. The van der Waals surface area contributed by atoms with Gasteiger partial charge in [-0.2, -0.15) is 5.26 Å². The van der Waals surface area contributed by atoms with Crippen molar-refractivity contribution in [3.63, 3.8) is 0 Å². The monoisotopic (exact) mass is 241 g/mol. The minimum absolute atomic E-state index is 0.180. The summed E-state index contributed by atoms with van der Waals surface area (Å²) in [4.78, 5) is 15.7. The van der Waals surface area contributed by atoms with Gasteiger partial charge in [0.2, 0.25) is 11.8 Å². The van der Waals surface area contributed by atoms with Gasteiger partial charge in [-0.05, 0) is 12.1 Å². The molecule has 0 saturated heterocycles. The Hall–Kier alpha value is -2.61. The molecule has 0 fully saturated rings. The summed E-state index contributed by atoms with van der Waals surface area (Å²) in [5.41, 5.74) is 1.22. The Kier molecular flexibility index (Phi) is 3.39. The third-order valence-corrected chi connectivity index (χ3v) is 2.42. The molecule has 1 heterocycles. The van der Waals surface area contributed by atoms with E-state index in [2.05, 4.69) is 10.3 Å². The first-order valence-electron chi connectivity index (χ1n) is 5.35. The SMILES string of the molecule is COc1ccc2cccc(NC(=O)CC#N)c2n1. The van der Waals surface area contributed by atoms with Crippen molar-refractivity contribution in [2.24, 2.45) is 0 Å². The third-order valence-electron chi connectivity index (χ3n) is 2.42. The summed E-state index contributed by atoms with van der Waals surface area (Å²) in [5, 5.41) is 12.0. The number of ether oxygens (including phenoxy) is 1. The summed E-state index contributed by atoms with van der Waals surface area (Å²) in [6, 6.07) is 10.9. The number of hydrogen-bond donors (Lipinski definition) is 1. The molecule has 0 spiro atoms. The number of amides is 1. The molecule has 2 aromatic rings. The summed E-state index contributed by atoms with van der Waals surface area (Å²) in [7, 11) is 1.53. The van der Waals surface area contributed by atoms with Crippen LogP contribution in [0, 0.1) is 11.3 Å². The molecule has 1 amide bonds. The quantitative estimate of drug-likeness (QED) is 0.892. The van der Waals surface area contributed by atoms with E-state index in [1.54, 1.807) is 18.2 Å². The van der Waals surface area contributed by atoms with E-state index in [9.17, 15) is 4.79 Å². The smallest absolute Gasteiger partial charge is 0.238 e. The first-order valence-corrected chi connectivity index (χ1v) is 5.35. The second kappa shape index (κ2) is 5.15. The molecule has 0 bridgehead atoms. The van der Waals surface area contributed by atoms with Crippen LogP contribution in [0.15, 0.2) is 30.3 Å². The molecule has 5 heteroatoms. The number of hydrogen-bond acceptors (Lipinski definition) is 4.